The molecule has 0 spiro atoms. The first-order valence-corrected chi connectivity index (χ1v) is 15.0. The molecule has 27 heavy (non-hydrogen) atoms. The molecule has 1 aliphatic carbocycles. The van der Waals surface area contributed by atoms with Crippen molar-refractivity contribution in [1.29, 1.82) is 0 Å². The van der Waals surface area contributed by atoms with Gasteiger partial charge in [-0.25, -0.2) is 0 Å². The molecule has 0 bridgehead atoms. The number of aryl methyl sites for hydroxylation is 1. The number of benzene rings is 1. The third-order valence-corrected chi connectivity index (χ3v) is 11.6. The quantitative estimate of drug-likeness (QED) is 0.448. The third kappa shape index (κ3) is 5.93. The van der Waals surface area contributed by atoms with Gasteiger partial charge in [-0.3, -0.25) is 0 Å². The summed E-state index contributed by atoms with van der Waals surface area (Å²) in [7, 11) is -1.34. The van der Waals surface area contributed by atoms with Crippen LogP contribution in [0.25, 0.3) is 0 Å². The van der Waals surface area contributed by atoms with Crippen molar-refractivity contribution in [3.63, 3.8) is 0 Å². The molecule has 0 saturated carbocycles. The van der Waals surface area contributed by atoms with Crippen LogP contribution in [-0.2, 0) is 17.8 Å². The van der Waals surface area contributed by atoms with Gasteiger partial charge in [0.1, 0.15) is 0 Å². The minimum atomic E-state index is -1.94. The average molecular weight is 463 g/mol. The Balaban J connectivity index is 0.00000338. The van der Waals surface area contributed by atoms with Gasteiger partial charge in [0.15, 0.2) is 0 Å². The van der Waals surface area contributed by atoms with Crippen LogP contribution in [0.1, 0.15) is 47.1 Å². The predicted molar refractivity (Wildman–Crippen MR) is 126 cm³/mol. The summed E-state index contributed by atoms with van der Waals surface area (Å²) in [6.45, 7) is 23.1. The molecule has 0 heterocycles. The Labute approximate surface area is 186 Å². The van der Waals surface area contributed by atoms with E-state index in [9.17, 15) is 0 Å². The van der Waals surface area contributed by atoms with E-state index in [0.717, 1.165) is 5.75 Å². The van der Waals surface area contributed by atoms with E-state index >= 15 is 0 Å². The Morgan fingerprint density at radius 1 is 0.926 bits per heavy atom. The van der Waals surface area contributed by atoms with Crippen LogP contribution >= 0.6 is 24.8 Å². The molecule has 0 aliphatic heterocycles. The molecular formula is C22H36Cl2OSiTi. The standard InChI is InChI=1S/C10H16OSi.C9H13.C3H6.2ClH.Ti/c1-8-5-9(11)7-10(6-8)12(2,3)4;1-6-5-7(2)9(4)8(6)3;1-3-2;;;/h5-7,11H,1-4H3;6H,1-4H3;1-2H3;2*1H;/q;;;;;+1/p-1. The molecule has 1 aromatic rings. The second-order valence-corrected chi connectivity index (χ2v) is 17.6. The van der Waals surface area contributed by atoms with E-state index in [-0.39, 0.29) is 24.8 Å². The summed E-state index contributed by atoms with van der Waals surface area (Å²) in [5, 5.41) is 1.49. The van der Waals surface area contributed by atoms with Gasteiger partial charge in [-0.05, 0) is 0 Å². The summed E-state index contributed by atoms with van der Waals surface area (Å²) in [5.74, 6) is 1.62. The minimum Gasteiger partial charge on any atom is -0.147 e. The van der Waals surface area contributed by atoms with Gasteiger partial charge in [0.2, 0.25) is 0 Å². The molecule has 1 atom stereocenters. The normalized spacial score (nSPS) is 16.7. The first kappa shape index (κ1) is 26.9. The van der Waals surface area contributed by atoms with Crippen LogP contribution in [-0.4, -0.2) is 11.9 Å². The van der Waals surface area contributed by atoms with E-state index in [2.05, 4.69) is 86.3 Å². The van der Waals surface area contributed by atoms with E-state index in [1.807, 2.05) is 0 Å². The van der Waals surface area contributed by atoms with Crippen LogP contribution in [0, 0.1) is 12.8 Å². The summed E-state index contributed by atoms with van der Waals surface area (Å²) in [5.41, 5.74) is 5.80. The molecule has 0 saturated heterocycles. The Morgan fingerprint density at radius 3 is 1.89 bits per heavy atom. The molecule has 0 aromatic heterocycles. The van der Waals surface area contributed by atoms with Gasteiger partial charge in [0.25, 0.3) is 0 Å². The molecule has 1 aromatic carbocycles. The van der Waals surface area contributed by atoms with Crippen LogP contribution < -0.4 is 8.51 Å². The van der Waals surface area contributed by atoms with Crippen molar-refractivity contribution in [3.05, 3.63) is 44.4 Å². The van der Waals surface area contributed by atoms with Crippen LogP contribution in [0.4, 0.5) is 0 Å². The fourth-order valence-electron chi connectivity index (χ4n) is 3.51. The van der Waals surface area contributed by atoms with Crippen molar-refractivity contribution >= 4 is 41.9 Å². The first-order valence-electron chi connectivity index (χ1n) is 9.29. The summed E-state index contributed by atoms with van der Waals surface area (Å²) in [6, 6.07) is 6.89. The minimum absolute atomic E-state index is 0. The summed E-state index contributed by atoms with van der Waals surface area (Å²) < 4.78 is 9.87. The molecule has 152 valence electrons. The molecule has 1 aliphatic rings. The number of hydrogen-bond acceptors (Lipinski definition) is 1. The van der Waals surface area contributed by atoms with Gasteiger partial charge in [-0.1, -0.05) is 0 Å². The largest absolute Gasteiger partial charge is 0.147 e. The van der Waals surface area contributed by atoms with Crippen LogP contribution in [0.3, 0.4) is 0 Å². The third-order valence-electron chi connectivity index (χ3n) is 5.48. The molecule has 0 N–H and O–H groups in total. The summed E-state index contributed by atoms with van der Waals surface area (Å²) >= 11 is -1.94. The van der Waals surface area contributed by atoms with Crippen molar-refractivity contribution in [3.8, 4) is 5.75 Å². The molecule has 0 amide bonds. The van der Waals surface area contributed by atoms with Crippen LogP contribution in [0.5, 0.6) is 5.75 Å². The smallest absolute Gasteiger partial charge is 0.147 e. The SMILES string of the molecule is CC1=C(C)C(C)[C]([Ti]([O]c2cc(C)cc([Si](C)(C)C)c2)=[C](C)C)=C1C.Cl.Cl. The zero-order valence-electron chi connectivity index (χ0n) is 18.5. The molecule has 0 radical (unpaired) electrons. The van der Waals surface area contributed by atoms with Crippen molar-refractivity contribution in [2.45, 2.75) is 68.1 Å². The van der Waals surface area contributed by atoms with E-state index in [0.29, 0.717) is 5.92 Å². The van der Waals surface area contributed by atoms with E-state index < -0.39 is 25.9 Å². The number of halogens is 2. The Kier molecular flexibility index (Phi) is 10.0. The van der Waals surface area contributed by atoms with Gasteiger partial charge in [0, 0.05) is 0 Å². The van der Waals surface area contributed by atoms with E-state index in [4.69, 9.17) is 3.32 Å². The molecule has 5 heteroatoms. The van der Waals surface area contributed by atoms with Crippen molar-refractivity contribution in [1.82, 2.24) is 0 Å². The predicted octanol–water partition coefficient (Wildman–Crippen LogP) is 6.77. The summed E-state index contributed by atoms with van der Waals surface area (Å²) in [6.07, 6.45) is 0. The van der Waals surface area contributed by atoms with Gasteiger partial charge >= 0.3 is 162 Å². The fourth-order valence-corrected chi connectivity index (χ4v) is 8.41. The second-order valence-electron chi connectivity index (χ2n) is 8.78. The zero-order chi connectivity index (χ0) is 19.1. The zero-order valence-corrected chi connectivity index (χ0v) is 22.7. The maximum absolute atomic E-state index is 6.78. The van der Waals surface area contributed by atoms with Gasteiger partial charge < -0.3 is 0 Å². The topological polar surface area (TPSA) is 9.23 Å². The fraction of sp³-hybridized carbons (Fsp3) is 0.500. The number of allylic oxidation sites excluding steroid dienone is 4. The maximum atomic E-state index is 6.78. The van der Waals surface area contributed by atoms with Gasteiger partial charge in [0.05, 0.1) is 0 Å². The molecule has 1 nitrogen and oxygen atoms in total. The monoisotopic (exact) mass is 462 g/mol. The Hall–Kier alpha value is -0.119. The van der Waals surface area contributed by atoms with E-state index in [1.54, 1.807) is 3.88 Å². The Morgan fingerprint density at radius 2 is 1.48 bits per heavy atom. The molecule has 2 rings (SSSR count). The number of rotatable bonds is 4. The van der Waals surface area contributed by atoms with Crippen molar-refractivity contribution in [2.24, 2.45) is 5.92 Å². The Bertz CT molecular complexity index is 797. The second kappa shape index (κ2) is 10.1. The molecule has 1 unspecified atom stereocenters. The first-order chi connectivity index (χ1) is 11.4. The average Bonchev–Trinajstić information content (AvgIpc) is 2.67. The van der Waals surface area contributed by atoms with E-state index in [1.165, 1.54) is 31.3 Å². The van der Waals surface area contributed by atoms with Crippen molar-refractivity contribution in [2.75, 3.05) is 0 Å². The van der Waals surface area contributed by atoms with Crippen molar-refractivity contribution < 1.29 is 21.1 Å². The molecule has 0 fully saturated rings. The number of hydrogen-bond donors (Lipinski definition) is 0. The van der Waals surface area contributed by atoms with Gasteiger partial charge in [-0.2, -0.15) is 0 Å². The van der Waals surface area contributed by atoms with Crippen LogP contribution in [0.2, 0.25) is 19.6 Å². The molecular weight excluding hydrogens is 427 g/mol. The maximum Gasteiger partial charge on any atom is -0.147 e. The summed E-state index contributed by atoms with van der Waals surface area (Å²) in [4.78, 5) is 0. The van der Waals surface area contributed by atoms with Gasteiger partial charge in [-0.15, -0.1) is 24.8 Å². The van der Waals surface area contributed by atoms with Crippen LogP contribution in [0.15, 0.2) is 38.8 Å².